The van der Waals surface area contributed by atoms with Crippen LogP contribution in [0.1, 0.15) is 42.5 Å². The maximum atomic E-state index is 15.5. The molecule has 218 valence electrons. The van der Waals surface area contributed by atoms with E-state index in [2.05, 4.69) is 0 Å². The Morgan fingerprint density at radius 3 is 2.36 bits per heavy atom. The topological polar surface area (TPSA) is 98.9 Å². The van der Waals surface area contributed by atoms with Gasteiger partial charge in [0.1, 0.15) is 17.6 Å². The number of nitrogens with zero attached hydrogens (tertiary/aromatic N) is 1. The molecular formula is C31H27Cl2FN2O5S. The van der Waals surface area contributed by atoms with Gasteiger partial charge in [-0.15, -0.1) is 11.3 Å². The van der Waals surface area contributed by atoms with Gasteiger partial charge in [0.15, 0.2) is 5.78 Å². The number of carbonyl (C=O) groups is 3. The summed E-state index contributed by atoms with van der Waals surface area (Å²) >= 11 is 14.1. The number of Topliss-reactive ketones (excluding diaryl/α,β-unsaturated/α-hetero) is 1. The van der Waals surface area contributed by atoms with Crippen LogP contribution >= 0.6 is 34.5 Å². The van der Waals surface area contributed by atoms with Crippen LogP contribution in [0.25, 0.3) is 0 Å². The molecule has 0 spiro atoms. The number of ether oxygens (including phenoxy) is 2. The van der Waals surface area contributed by atoms with Crippen molar-refractivity contribution in [3.8, 4) is 0 Å². The molecule has 0 saturated heterocycles. The normalized spacial score (nSPS) is 20.5. The quantitative estimate of drug-likeness (QED) is 0.229. The van der Waals surface area contributed by atoms with Crippen molar-refractivity contribution in [2.75, 3.05) is 18.1 Å². The lowest BCUT2D eigenvalue weighted by atomic mass is 9.68. The summed E-state index contributed by atoms with van der Waals surface area (Å²) in [6.45, 7) is 3.36. The number of allylic oxidation sites excluding steroid dienone is 2. The van der Waals surface area contributed by atoms with Crippen LogP contribution in [0.15, 0.2) is 82.6 Å². The van der Waals surface area contributed by atoms with Crippen molar-refractivity contribution in [2.45, 2.75) is 32.1 Å². The maximum Gasteiger partial charge on any atom is 0.338 e. The van der Waals surface area contributed by atoms with Gasteiger partial charge in [-0.2, -0.15) is 0 Å². The number of rotatable bonds is 7. The summed E-state index contributed by atoms with van der Waals surface area (Å²) in [5, 5.41) is 2.45. The molecule has 0 saturated carbocycles. The standard InChI is InChI=1S/C31H27Cl2FN2O5S/c1-3-40-30(38)25-20(23-10-7-11-42-23)15-22-26(28(25)37)24(19-8-5-6-9-21(19)34)27(31(39)41-4-2)29(35)36(22)18-13-16(32)12-17(33)14-18/h5-14,20,24-25H,3-4,15,35H2,1-2H3/t20-,24+,25+/m0/s1. The number of carbonyl (C=O) groups excluding carboxylic acids is 3. The van der Waals surface area contributed by atoms with Crippen molar-refractivity contribution in [3.63, 3.8) is 0 Å². The Morgan fingerprint density at radius 1 is 1.05 bits per heavy atom. The zero-order chi connectivity index (χ0) is 30.1. The molecule has 0 bridgehead atoms. The van der Waals surface area contributed by atoms with Gasteiger partial charge < -0.3 is 15.2 Å². The lowest BCUT2D eigenvalue weighted by Gasteiger charge is -2.44. The Balaban J connectivity index is 1.85. The molecule has 1 aliphatic carbocycles. The van der Waals surface area contributed by atoms with Gasteiger partial charge in [-0.25, -0.2) is 9.18 Å². The molecular weight excluding hydrogens is 602 g/mol. The monoisotopic (exact) mass is 628 g/mol. The molecule has 0 amide bonds. The number of thiophene rings is 1. The number of esters is 2. The lowest BCUT2D eigenvalue weighted by molar-refractivity contribution is -0.152. The highest BCUT2D eigenvalue weighted by atomic mass is 35.5. The molecule has 5 rings (SSSR count). The van der Waals surface area contributed by atoms with Crippen LogP contribution in [0, 0.1) is 11.7 Å². The second-order valence-corrected chi connectivity index (χ2v) is 11.6. The molecule has 3 atom stereocenters. The Kier molecular flexibility index (Phi) is 8.73. The largest absolute Gasteiger partial charge is 0.465 e. The van der Waals surface area contributed by atoms with Gasteiger partial charge in [0.05, 0.1) is 30.4 Å². The SMILES string of the molecule is CCOC(=O)C1=C(N)N(c2cc(Cl)cc(Cl)c2)C2=C(C(=O)[C@H](C(=O)OCC)[C@H](c3cccs3)C2)[C@H]1c1ccccc1F. The number of ketones is 1. The fourth-order valence-corrected chi connectivity index (χ4v) is 7.07. The van der Waals surface area contributed by atoms with Gasteiger partial charge >= 0.3 is 11.9 Å². The number of hydrogen-bond donors (Lipinski definition) is 1. The fraction of sp³-hybridized carbons (Fsp3) is 0.258. The van der Waals surface area contributed by atoms with E-state index in [1.165, 1.54) is 40.5 Å². The summed E-state index contributed by atoms with van der Waals surface area (Å²) in [7, 11) is 0. The summed E-state index contributed by atoms with van der Waals surface area (Å²) in [5.74, 6) is -5.91. The van der Waals surface area contributed by atoms with Crippen molar-refractivity contribution in [1.29, 1.82) is 0 Å². The van der Waals surface area contributed by atoms with Crippen LogP contribution < -0.4 is 10.6 Å². The number of halogens is 3. The lowest BCUT2D eigenvalue weighted by Crippen LogP contribution is -2.46. The Morgan fingerprint density at radius 2 is 1.74 bits per heavy atom. The van der Waals surface area contributed by atoms with Crippen molar-refractivity contribution in [1.82, 2.24) is 0 Å². The van der Waals surface area contributed by atoms with Crippen molar-refractivity contribution < 1.29 is 28.2 Å². The second-order valence-electron chi connectivity index (χ2n) is 9.72. The predicted octanol–water partition coefficient (Wildman–Crippen LogP) is 6.72. The zero-order valence-corrected chi connectivity index (χ0v) is 25.1. The molecule has 1 aromatic heterocycles. The average Bonchev–Trinajstić information content (AvgIpc) is 3.47. The Labute approximate surface area is 256 Å². The first-order chi connectivity index (χ1) is 20.2. The molecule has 11 heteroatoms. The first-order valence-corrected chi connectivity index (χ1v) is 15.0. The van der Waals surface area contributed by atoms with E-state index in [1.807, 2.05) is 17.5 Å². The molecule has 0 fully saturated rings. The summed E-state index contributed by atoms with van der Waals surface area (Å²) in [4.78, 5) is 44.0. The molecule has 0 radical (unpaired) electrons. The van der Waals surface area contributed by atoms with Crippen LogP contribution in [-0.2, 0) is 23.9 Å². The van der Waals surface area contributed by atoms with E-state index >= 15 is 4.39 Å². The maximum absolute atomic E-state index is 15.5. The fourth-order valence-electron chi connectivity index (χ4n) is 5.69. The molecule has 2 aromatic carbocycles. The Bertz CT molecular complexity index is 1600. The minimum absolute atomic E-state index is 0.00829. The van der Waals surface area contributed by atoms with Crippen LogP contribution in [0.2, 0.25) is 10.0 Å². The molecule has 42 heavy (non-hydrogen) atoms. The first kappa shape index (κ1) is 29.8. The minimum Gasteiger partial charge on any atom is -0.465 e. The first-order valence-electron chi connectivity index (χ1n) is 13.3. The van der Waals surface area contributed by atoms with Crippen LogP contribution in [0.4, 0.5) is 10.1 Å². The average molecular weight is 630 g/mol. The van der Waals surface area contributed by atoms with E-state index in [9.17, 15) is 14.4 Å². The van der Waals surface area contributed by atoms with E-state index < -0.39 is 41.3 Å². The summed E-state index contributed by atoms with van der Waals surface area (Å²) in [6, 6.07) is 14.2. The number of nitrogens with two attached hydrogens (primary N) is 1. The van der Waals surface area contributed by atoms with Gasteiger partial charge in [0.25, 0.3) is 0 Å². The van der Waals surface area contributed by atoms with Crippen molar-refractivity contribution in [3.05, 3.63) is 109 Å². The van der Waals surface area contributed by atoms with Gasteiger partial charge in [-0.3, -0.25) is 14.5 Å². The molecule has 1 aliphatic heterocycles. The summed E-state index contributed by atoms with van der Waals surface area (Å²) < 4.78 is 26.3. The summed E-state index contributed by atoms with van der Waals surface area (Å²) in [5.41, 5.74) is 7.54. The van der Waals surface area contributed by atoms with Crippen LogP contribution in [0.3, 0.4) is 0 Å². The highest BCUT2D eigenvalue weighted by molar-refractivity contribution is 7.10. The molecule has 2 heterocycles. The molecule has 0 unspecified atom stereocenters. The summed E-state index contributed by atoms with van der Waals surface area (Å²) in [6.07, 6.45) is 0.150. The van der Waals surface area contributed by atoms with E-state index in [0.29, 0.717) is 21.4 Å². The van der Waals surface area contributed by atoms with Gasteiger partial charge in [0, 0.05) is 37.7 Å². The third kappa shape index (κ3) is 5.32. The van der Waals surface area contributed by atoms with E-state index in [1.54, 1.807) is 32.0 Å². The van der Waals surface area contributed by atoms with E-state index in [0.717, 1.165) is 4.88 Å². The van der Waals surface area contributed by atoms with Gasteiger partial charge in [-0.1, -0.05) is 47.5 Å². The van der Waals surface area contributed by atoms with Gasteiger partial charge in [0.2, 0.25) is 0 Å². The van der Waals surface area contributed by atoms with Crippen LogP contribution in [-0.4, -0.2) is 30.9 Å². The molecule has 7 nitrogen and oxygen atoms in total. The predicted molar refractivity (Wildman–Crippen MR) is 160 cm³/mol. The molecule has 2 N–H and O–H groups in total. The minimum atomic E-state index is -1.25. The molecule has 3 aromatic rings. The number of hydrogen-bond acceptors (Lipinski definition) is 8. The zero-order valence-electron chi connectivity index (χ0n) is 22.7. The number of anilines is 1. The van der Waals surface area contributed by atoms with E-state index in [-0.39, 0.29) is 42.2 Å². The van der Waals surface area contributed by atoms with E-state index in [4.69, 9.17) is 38.4 Å². The van der Waals surface area contributed by atoms with Crippen LogP contribution in [0.5, 0.6) is 0 Å². The smallest absolute Gasteiger partial charge is 0.338 e. The Hall–Kier alpha value is -3.66. The third-order valence-electron chi connectivity index (χ3n) is 7.30. The number of benzene rings is 2. The van der Waals surface area contributed by atoms with Crippen molar-refractivity contribution >= 4 is 57.9 Å². The van der Waals surface area contributed by atoms with Gasteiger partial charge in [-0.05, 0) is 56.0 Å². The molecule has 2 aliphatic rings. The highest BCUT2D eigenvalue weighted by Gasteiger charge is 2.52. The second kappa shape index (κ2) is 12.3. The highest BCUT2D eigenvalue weighted by Crippen LogP contribution is 2.52. The van der Waals surface area contributed by atoms with Crippen molar-refractivity contribution in [2.24, 2.45) is 11.7 Å². The third-order valence-corrected chi connectivity index (χ3v) is 8.75.